The van der Waals surface area contributed by atoms with E-state index >= 15 is 0 Å². The summed E-state index contributed by atoms with van der Waals surface area (Å²) in [6.07, 6.45) is 0.854. The number of nitrogens with one attached hydrogen (secondary N) is 2. The highest BCUT2D eigenvalue weighted by Gasteiger charge is 2.02. The van der Waals surface area contributed by atoms with Crippen LogP contribution in [0.1, 0.15) is 5.56 Å². The summed E-state index contributed by atoms with van der Waals surface area (Å²) in [7, 11) is 5.09. The second-order valence-electron chi connectivity index (χ2n) is 5.51. The van der Waals surface area contributed by atoms with Crippen LogP contribution in [0.15, 0.2) is 53.5 Å². The second kappa shape index (κ2) is 10.9. The molecule has 0 saturated carbocycles. The van der Waals surface area contributed by atoms with Gasteiger partial charge in [-0.3, -0.25) is 4.99 Å². The number of rotatable bonds is 9. The molecule has 0 aliphatic carbocycles. The smallest absolute Gasteiger partial charge is 0.191 e. The summed E-state index contributed by atoms with van der Waals surface area (Å²) < 4.78 is 16.2. The quantitative estimate of drug-likeness (QED) is 0.410. The fraction of sp³-hybridized carbons (Fsp3) is 0.350. The lowest BCUT2D eigenvalue weighted by atomic mass is 10.1. The summed E-state index contributed by atoms with van der Waals surface area (Å²) in [5.41, 5.74) is 1.17. The zero-order chi connectivity index (χ0) is 18.6. The first kappa shape index (κ1) is 19.4. The van der Waals surface area contributed by atoms with Crippen molar-refractivity contribution in [2.45, 2.75) is 6.42 Å². The number of nitrogens with zero attached hydrogens (tertiary/aromatic N) is 1. The van der Waals surface area contributed by atoms with E-state index in [9.17, 15) is 0 Å². The summed E-state index contributed by atoms with van der Waals surface area (Å²) in [5, 5.41) is 6.53. The minimum absolute atomic E-state index is 0.541. The van der Waals surface area contributed by atoms with Crippen molar-refractivity contribution in [2.75, 3.05) is 41.0 Å². The van der Waals surface area contributed by atoms with Crippen LogP contribution in [0.3, 0.4) is 0 Å². The second-order valence-corrected chi connectivity index (χ2v) is 5.51. The Morgan fingerprint density at radius 2 is 1.58 bits per heavy atom. The molecule has 0 heterocycles. The third kappa shape index (κ3) is 6.20. The average Bonchev–Trinajstić information content (AvgIpc) is 2.70. The lowest BCUT2D eigenvalue weighted by molar-refractivity contribution is 0.321. The van der Waals surface area contributed by atoms with Crippen LogP contribution in [-0.2, 0) is 6.42 Å². The van der Waals surface area contributed by atoms with Crippen LogP contribution in [0.5, 0.6) is 17.2 Å². The van der Waals surface area contributed by atoms with Gasteiger partial charge in [0.25, 0.3) is 0 Å². The number of methoxy groups -OCH3 is 2. The van der Waals surface area contributed by atoms with Crippen molar-refractivity contribution >= 4 is 5.96 Å². The fourth-order valence-electron chi connectivity index (χ4n) is 2.46. The van der Waals surface area contributed by atoms with E-state index in [1.54, 1.807) is 21.3 Å². The van der Waals surface area contributed by atoms with E-state index in [0.29, 0.717) is 13.2 Å². The van der Waals surface area contributed by atoms with Gasteiger partial charge < -0.3 is 24.8 Å². The SMILES string of the molecule is CN=C(NCCOc1ccc(OC)cc1)NCCc1ccccc1OC. The Morgan fingerprint density at radius 1 is 0.885 bits per heavy atom. The van der Waals surface area contributed by atoms with Crippen molar-refractivity contribution in [1.82, 2.24) is 10.6 Å². The van der Waals surface area contributed by atoms with Crippen LogP contribution in [0.4, 0.5) is 0 Å². The first-order valence-corrected chi connectivity index (χ1v) is 8.60. The first-order chi connectivity index (χ1) is 12.8. The molecule has 2 aromatic rings. The van der Waals surface area contributed by atoms with E-state index in [1.807, 2.05) is 42.5 Å². The lowest BCUT2D eigenvalue weighted by Gasteiger charge is -2.13. The summed E-state index contributed by atoms with van der Waals surface area (Å²) in [6.45, 7) is 1.96. The van der Waals surface area contributed by atoms with E-state index < -0.39 is 0 Å². The van der Waals surface area contributed by atoms with Gasteiger partial charge in [0.15, 0.2) is 5.96 Å². The third-order valence-electron chi connectivity index (χ3n) is 3.83. The highest BCUT2D eigenvalue weighted by atomic mass is 16.5. The molecule has 2 aromatic carbocycles. The molecule has 0 spiro atoms. The normalized spacial score (nSPS) is 11.0. The van der Waals surface area contributed by atoms with Crippen LogP contribution in [0, 0.1) is 0 Å². The van der Waals surface area contributed by atoms with Crippen LogP contribution in [0.25, 0.3) is 0 Å². The number of benzene rings is 2. The summed E-state index contributed by atoms with van der Waals surface area (Å²) >= 11 is 0. The van der Waals surface area contributed by atoms with Gasteiger partial charge in [-0.1, -0.05) is 18.2 Å². The third-order valence-corrected chi connectivity index (χ3v) is 3.83. The molecule has 0 fully saturated rings. The molecule has 0 amide bonds. The molecule has 2 N–H and O–H groups in total. The maximum atomic E-state index is 5.69. The number of hydrogen-bond acceptors (Lipinski definition) is 4. The Bertz CT molecular complexity index is 687. The van der Waals surface area contributed by atoms with Gasteiger partial charge in [-0.05, 0) is 42.3 Å². The monoisotopic (exact) mass is 357 g/mol. The van der Waals surface area contributed by atoms with Gasteiger partial charge in [-0.15, -0.1) is 0 Å². The summed E-state index contributed by atoms with van der Waals surface area (Å²) in [4.78, 5) is 4.22. The number of guanidine groups is 1. The number of hydrogen-bond donors (Lipinski definition) is 2. The van der Waals surface area contributed by atoms with E-state index in [2.05, 4.69) is 21.7 Å². The predicted molar refractivity (Wildman–Crippen MR) is 105 cm³/mol. The number of ether oxygens (including phenoxy) is 3. The summed E-state index contributed by atoms with van der Waals surface area (Å²) in [5.74, 6) is 3.28. The Kier molecular flexibility index (Phi) is 8.12. The van der Waals surface area contributed by atoms with Gasteiger partial charge in [0.2, 0.25) is 0 Å². The zero-order valence-electron chi connectivity index (χ0n) is 15.6. The first-order valence-electron chi connectivity index (χ1n) is 8.60. The molecule has 140 valence electrons. The van der Waals surface area contributed by atoms with E-state index in [-0.39, 0.29) is 0 Å². The number of aliphatic imine (C=N–C) groups is 1. The standard InChI is InChI=1S/C20H27N3O3/c1-21-20(22-13-12-16-6-4-5-7-19(16)25-3)23-14-15-26-18-10-8-17(24-2)9-11-18/h4-11H,12-15H2,1-3H3,(H2,21,22,23). The van der Waals surface area contributed by atoms with Crippen LogP contribution < -0.4 is 24.8 Å². The topological polar surface area (TPSA) is 64.1 Å². The molecular formula is C20H27N3O3. The van der Waals surface area contributed by atoms with Crippen molar-refractivity contribution < 1.29 is 14.2 Å². The molecule has 6 heteroatoms. The van der Waals surface area contributed by atoms with Gasteiger partial charge in [-0.25, -0.2) is 0 Å². The molecule has 6 nitrogen and oxygen atoms in total. The van der Waals surface area contributed by atoms with E-state index in [0.717, 1.165) is 36.2 Å². The molecule has 0 aliphatic heterocycles. The molecule has 0 saturated heterocycles. The van der Waals surface area contributed by atoms with Gasteiger partial charge >= 0.3 is 0 Å². The number of para-hydroxylation sites is 1. The van der Waals surface area contributed by atoms with E-state index in [1.165, 1.54) is 5.56 Å². The average molecular weight is 357 g/mol. The maximum Gasteiger partial charge on any atom is 0.191 e. The summed E-state index contributed by atoms with van der Waals surface area (Å²) in [6, 6.07) is 15.6. The minimum atomic E-state index is 0.541. The van der Waals surface area contributed by atoms with Gasteiger partial charge in [0.1, 0.15) is 23.9 Å². The highest BCUT2D eigenvalue weighted by Crippen LogP contribution is 2.17. The van der Waals surface area contributed by atoms with Gasteiger partial charge in [-0.2, -0.15) is 0 Å². The van der Waals surface area contributed by atoms with Gasteiger partial charge in [0.05, 0.1) is 20.8 Å². The largest absolute Gasteiger partial charge is 0.497 e. The molecule has 0 aliphatic rings. The Hall–Kier alpha value is -2.89. The van der Waals surface area contributed by atoms with Crippen LogP contribution in [0.2, 0.25) is 0 Å². The molecular weight excluding hydrogens is 330 g/mol. The zero-order valence-corrected chi connectivity index (χ0v) is 15.6. The molecule has 2 rings (SSSR count). The van der Waals surface area contributed by atoms with Gasteiger partial charge in [0, 0.05) is 13.6 Å². The maximum absolute atomic E-state index is 5.69. The van der Waals surface area contributed by atoms with Crippen LogP contribution in [-0.4, -0.2) is 46.9 Å². The molecule has 0 radical (unpaired) electrons. The highest BCUT2D eigenvalue weighted by molar-refractivity contribution is 5.79. The Labute approximate surface area is 155 Å². The predicted octanol–water partition coefficient (Wildman–Crippen LogP) is 2.49. The van der Waals surface area contributed by atoms with Crippen molar-refractivity contribution in [3.8, 4) is 17.2 Å². The van der Waals surface area contributed by atoms with E-state index in [4.69, 9.17) is 14.2 Å². The molecule has 0 bridgehead atoms. The molecule has 0 atom stereocenters. The van der Waals surface area contributed by atoms with Crippen molar-refractivity contribution in [3.63, 3.8) is 0 Å². The lowest BCUT2D eigenvalue weighted by Crippen LogP contribution is -2.40. The Morgan fingerprint density at radius 3 is 2.27 bits per heavy atom. The molecule has 0 unspecified atom stereocenters. The fourth-order valence-corrected chi connectivity index (χ4v) is 2.46. The van der Waals surface area contributed by atoms with Crippen LogP contribution >= 0.6 is 0 Å². The molecule has 0 aromatic heterocycles. The van der Waals surface area contributed by atoms with Crippen molar-refractivity contribution in [1.29, 1.82) is 0 Å². The Balaban J connectivity index is 1.67. The minimum Gasteiger partial charge on any atom is -0.497 e. The van der Waals surface area contributed by atoms with Crippen molar-refractivity contribution in [3.05, 3.63) is 54.1 Å². The van der Waals surface area contributed by atoms with Crippen molar-refractivity contribution in [2.24, 2.45) is 4.99 Å². The molecule has 26 heavy (non-hydrogen) atoms.